The van der Waals surface area contributed by atoms with E-state index in [4.69, 9.17) is 5.11 Å². The first kappa shape index (κ1) is 28.1. The van der Waals surface area contributed by atoms with Crippen molar-refractivity contribution in [2.45, 2.75) is 32.2 Å². The number of nitrogens with zero attached hydrogens (tertiary/aromatic N) is 4. The van der Waals surface area contributed by atoms with E-state index in [0.29, 0.717) is 29.6 Å². The zero-order valence-corrected chi connectivity index (χ0v) is 18.0. The zero-order valence-electron chi connectivity index (χ0n) is 18.0. The zero-order chi connectivity index (χ0) is 25.2. The van der Waals surface area contributed by atoms with E-state index in [1.54, 1.807) is 0 Å². The van der Waals surface area contributed by atoms with Gasteiger partial charge in [0.25, 0.3) is 17.1 Å². The molecule has 1 unspecified atom stereocenters. The first-order valence-electron chi connectivity index (χ1n) is 9.18. The van der Waals surface area contributed by atoms with Crippen LogP contribution < -0.4 is 10.4 Å². The van der Waals surface area contributed by atoms with E-state index in [0.717, 1.165) is 6.42 Å². The Labute approximate surface area is 182 Å². The summed E-state index contributed by atoms with van der Waals surface area (Å²) < 4.78 is 0.629. The normalized spacial score (nSPS) is 11.5. The quantitative estimate of drug-likeness (QED) is 0.286. The molecule has 1 atom stereocenters. The summed E-state index contributed by atoms with van der Waals surface area (Å²) in [5, 5.41) is 53.6. The second-order valence-corrected chi connectivity index (χ2v) is 7.67. The van der Waals surface area contributed by atoms with Gasteiger partial charge in [-0.15, -0.1) is 0 Å². The average molecular weight is 459 g/mol. The molecule has 178 valence electrons. The van der Waals surface area contributed by atoms with E-state index in [-0.39, 0.29) is 18.4 Å². The van der Waals surface area contributed by atoms with Crippen molar-refractivity contribution >= 4 is 28.9 Å². The Bertz CT molecular complexity index is 846. The molecule has 0 radical (unpaired) electrons. The van der Waals surface area contributed by atoms with Gasteiger partial charge in [0.15, 0.2) is 0 Å². The van der Waals surface area contributed by atoms with E-state index < -0.39 is 43.6 Å². The lowest BCUT2D eigenvalue weighted by Gasteiger charge is -2.29. The van der Waals surface area contributed by atoms with Gasteiger partial charge in [-0.05, 0) is 6.42 Å². The van der Waals surface area contributed by atoms with Gasteiger partial charge in [0.1, 0.15) is 0 Å². The fraction of sp³-hybridized carbons (Fsp3) is 0.529. The summed E-state index contributed by atoms with van der Waals surface area (Å²) in [4.78, 5) is 49.6. The molecular formula is C17H25N5O10. The maximum atomic E-state index is 11.4. The van der Waals surface area contributed by atoms with Gasteiger partial charge in [0, 0.05) is 6.42 Å². The number of likely N-dealkylation sites (N-methyl/N-ethyl adjacent to an activating group) is 1. The van der Waals surface area contributed by atoms with Crippen LogP contribution in [0.3, 0.4) is 0 Å². The van der Waals surface area contributed by atoms with Crippen LogP contribution in [0.1, 0.15) is 26.2 Å². The van der Waals surface area contributed by atoms with Crippen LogP contribution >= 0.6 is 0 Å². The number of carboxylic acid groups (broad SMARTS) is 1. The summed E-state index contributed by atoms with van der Waals surface area (Å²) >= 11 is 0. The van der Waals surface area contributed by atoms with Crippen LogP contribution in [0, 0.1) is 30.3 Å². The lowest BCUT2D eigenvalue weighted by Crippen LogP contribution is -2.49. The van der Waals surface area contributed by atoms with Gasteiger partial charge in [-0.25, -0.2) is 0 Å². The molecule has 2 N–H and O–H groups in total. The van der Waals surface area contributed by atoms with Crippen molar-refractivity contribution in [2.24, 2.45) is 0 Å². The molecule has 0 saturated carbocycles. The predicted octanol–water partition coefficient (Wildman–Crippen LogP) is 0.937. The standard InChI is InChI=1S/C11H22N2O3.C6H3N3O7/c1-5-6-10(14)12-9(7-11(15)16)8-13(2,3)4;10-6-4(8(13)14)1-3(7(11)12)2-5(6)9(15)16/h9H,5-8H2,1-4H3,(H-,12,14,15,16);1-2,10H. The van der Waals surface area contributed by atoms with E-state index in [1.165, 1.54) is 0 Å². The highest BCUT2D eigenvalue weighted by molar-refractivity contribution is 5.77. The van der Waals surface area contributed by atoms with Crippen LogP contribution in [-0.2, 0) is 9.59 Å². The Hall–Kier alpha value is -3.88. The summed E-state index contributed by atoms with van der Waals surface area (Å²) in [6.07, 6.45) is 1.20. The number of hydrogen-bond donors (Lipinski definition) is 2. The summed E-state index contributed by atoms with van der Waals surface area (Å²) in [5.74, 6) is -2.40. The van der Waals surface area contributed by atoms with Crippen molar-refractivity contribution in [1.82, 2.24) is 5.32 Å². The third-order valence-electron chi connectivity index (χ3n) is 3.67. The van der Waals surface area contributed by atoms with Crippen molar-refractivity contribution in [2.75, 3.05) is 27.7 Å². The highest BCUT2D eigenvalue weighted by Gasteiger charge is 2.24. The number of carboxylic acids is 1. The van der Waals surface area contributed by atoms with Gasteiger partial charge in [-0.1, -0.05) is 6.92 Å². The summed E-state index contributed by atoms with van der Waals surface area (Å²) in [7, 11) is 5.92. The Kier molecular flexibility index (Phi) is 10.6. The molecule has 0 saturated heterocycles. The molecule has 0 aliphatic rings. The van der Waals surface area contributed by atoms with Crippen molar-refractivity contribution in [3.63, 3.8) is 0 Å². The molecular weight excluding hydrogens is 434 g/mol. The highest BCUT2D eigenvalue weighted by Crippen LogP contribution is 2.36. The average Bonchev–Trinajstić information content (AvgIpc) is 2.59. The summed E-state index contributed by atoms with van der Waals surface area (Å²) in [5.41, 5.74) is -3.26. The number of rotatable bonds is 10. The second-order valence-electron chi connectivity index (χ2n) is 7.67. The predicted molar refractivity (Wildman–Crippen MR) is 108 cm³/mol. The molecule has 0 spiro atoms. The van der Waals surface area contributed by atoms with Crippen molar-refractivity contribution in [3.8, 4) is 5.75 Å². The van der Waals surface area contributed by atoms with Gasteiger partial charge < -0.3 is 20.0 Å². The SMILES string of the molecule is CCCC(=O)NC(CC(=O)O)C[N+](C)(C)C.O=[N+]([O-])c1cc([N+](=O)[O-])c([O-])c([N+](=O)[O-])c1. The van der Waals surface area contributed by atoms with E-state index in [1.807, 2.05) is 28.1 Å². The summed E-state index contributed by atoms with van der Waals surface area (Å²) in [6.45, 7) is 2.54. The number of carbonyl (C=O) groups is 2. The number of carbonyl (C=O) groups excluding carboxylic acids is 1. The van der Waals surface area contributed by atoms with E-state index >= 15 is 0 Å². The number of nitro benzene ring substituents is 3. The van der Waals surface area contributed by atoms with E-state index in [2.05, 4.69) is 5.32 Å². The van der Waals surface area contributed by atoms with Gasteiger partial charge in [0.2, 0.25) is 5.91 Å². The minimum Gasteiger partial charge on any atom is -0.863 e. The summed E-state index contributed by atoms with van der Waals surface area (Å²) in [6, 6.07) is 0.474. The van der Waals surface area contributed by atoms with Gasteiger partial charge in [-0.2, -0.15) is 0 Å². The van der Waals surface area contributed by atoms with Crippen LogP contribution in [0.2, 0.25) is 0 Å². The molecule has 0 fully saturated rings. The van der Waals surface area contributed by atoms with Crippen LogP contribution in [0.5, 0.6) is 5.75 Å². The molecule has 0 heterocycles. The van der Waals surface area contributed by atoms with Crippen molar-refractivity contribution < 1.29 is 39.1 Å². The fourth-order valence-electron chi connectivity index (χ4n) is 2.52. The minimum absolute atomic E-state index is 0.0228. The number of nitrogens with one attached hydrogen (secondary N) is 1. The number of benzene rings is 1. The number of non-ortho nitro benzene ring substituents is 1. The monoisotopic (exact) mass is 459 g/mol. The second kappa shape index (κ2) is 12.1. The lowest BCUT2D eigenvalue weighted by atomic mass is 10.1. The smallest absolute Gasteiger partial charge is 0.305 e. The number of aliphatic carboxylic acids is 1. The fourth-order valence-corrected chi connectivity index (χ4v) is 2.52. The number of quaternary nitrogens is 1. The van der Waals surface area contributed by atoms with Crippen LogP contribution in [0.25, 0.3) is 0 Å². The molecule has 1 aromatic carbocycles. The third kappa shape index (κ3) is 10.2. The number of amides is 1. The van der Waals surface area contributed by atoms with Crippen LogP contribution in [0.4, 0.5) is 17.1 Å². The van der Waals surface area contributed by atoms with Gasteiger partial charge in [0.05, 0.1) is 72.8 Å². The largest absolute Gasteiger partial charge is 0.863 e. The molecule has 15 heteroatoms. The Morgan fingerprint density at radius 1 is 1.03 bits per heavy atom. The van der Waals surface area contributed by atoms with Crippen LogP contribution in [0.15, 0.2) is 12.1 Å². The third-order valence-corrected chi connectivity index (χ3v) is 3.67. The number of hydrogen-bond acceptors (Lipinski definition) is 9. The van der Waals surface area contributed by atoms with Crippen molar-refractivity contribution in [1.29, 1.82) is 0 Å². The minimum atomic E-state index is -1.46. The van der Waals surface area contributed by atoms with Gasteiger partial charge in [-0.3, -0.25) is 39.9 Å². The van der Waals surface area contributed by atoms with Crippen LogP contribution in [-0.4, -0.2) is 70.0 Å². The molecule has 0 aliphatic heterocycles. The molecule has 32 heavy (non-hydrogen) atoms. The maximum absolute atomic E-state index is 11.4. The lowest BCUT2D eigenvalue weighted by molar-refractivity contribution is -0.871. The van der Waals surface area contributed by atoms with Gasteiger partial charge >= 0.3 is 5.97 Å². The molecule has 1 amide bonds. The maximum Gasteiger partial charge on any atom is 0.305 e. The first-order valence-corrected chi connectivity index (χ1v) is 9.18. The molecule has 0 aromatic heterocycles. The highest BCUT2D eigenvalue weighted by atomic mass is 16.6. The molecule has 0 bridgehead atoms. The van der Waals surface area contributed by atoms with Crippen molar-refractivity contribution in [3.05, 3.63) is 42.5 Å². The molecule has 1 aromatic rings. The first-order chi connectivity index (χ1) is 14.6. The van der Waals surface area contributed by atoms with E-state index in [9.17, 15) is 45.0 Å². The topological polar surface area (TPSA) is 219 Å². The Morgan fingerprint density at radius 2 is 1.50 bits per heavy atom. The Morgan fingerprint density at radius 3 is 1.81 bits per heavy atom. The molecule has 0 aliphatic carbocycles. The Balaban J connectivity index is 0.000000601. The molecule has 15 nitrogen and oxygen atoms in total. The number of nitro groups is 3. The molecule has 1 rings (SSSR count).